The number of aromatic amines is 1. The normalized spacial score (nSPS) is 15.0. The Balaban J connectivity index is 1.72. The van der Waals surface area contributed by atoms with Gasteiger partial charge in [-0.25, -0.2) is 9.97 Å². The van der Waals surface area contributed by atoms with E-state index >= 15 is 0 Å². The number of hydrogen-bond acceptors (Lipinski definition) is 5. The van der Waals surface area contributed by atoms with Crippen molar-refractivity contribution in [3.8, 4) is 22.6 Å². The van der Waals surface area contributed by atoms with Gasteiger partial charge in [0, 0.05) is 36.3 Å². The first-order valence-corrected chi connectivity index (χ1v) is 10.4. The van der Waals surface area contributed by atoms with E-state index < -0.39 is 0 Å². The van der Waals surface area contributed by atoms with E-state index in [1.807, 2.05) is 43.6 Å². The molecule has 0 radical (unpaired) electrons. The summed E-state index contributed by atoms with van der Waals surface area (Å²) in [7, 11) is 1.87. The van der Waals surface area contributed by atoms with Gasteiger partial charge in [0.25, 0.3) is 5.56 Å². The Bertz CT molecular complexity index is 1280. The lowest BCUT2D eigenvalue weighted by Crippen LogP contribution is -2.13. The zero-order chi connectivity index (χ0) is 20.7. The quantitative estimate of drug-likeness (QED) is 0.541. The lowest BCUT2D eigenvalue weighted by molar-refractivity contribution is 0.437. The number of aromatic nitrogens is 5. The van der Waals surface area contributed by atoms with Gasteiger partial charge in [0.15, 0.2) is 0 Å². The number of fused-ring (bicyclic) bond motifs is 1. The maximum absolute atomic E-state index is 12.1. The molecule has 3 aromatic heterocycles. The fourth-order valence-electron chi connectivity index (χ4n) is 4.40. The number of benzene rings is 1. The lowest BCUT2D eigenvalue weighted by Gasteiger charge is -2.23. The molecular formula is C23H24N6O. The van der Waals surface area contributed by atoms with Gasteiger partial charge in [-0.1, -0.05) is 25.3 Å². The Morgan fingerprint density at radius 2 is 1.90 bits per heavy atom. The van der Waals surface area contributed by atoms with E-state index in [1.165, 1.54) is 19.3 Å². The van der Waals surface area contributed by atoms with Crippen LogP contribution in [-0.2, 0) is 7.05 Å². The SMILES string of the molecule is Cn1ccc(-c2nc(N)c(C3CCCCC3)nc2-c2ccc3c(=O)[nH]ccc3c2)n1. The van der Waals surface area contributed by atoms with Crippen molar-refractivity contribution < 1.29 is 0 Å². The molecule has 1 aliphatic carbocycles. The van der Waals surface area contributed by atoms with Crippen molar-refractivity contribution in [2.45, 2.75) is 38.0 Å². The fourth-order valence-corrected chi connectivity index (χ4v) is 4.40. The minimum absolute atomic E-state index is 0.102. The zero-order valence-electron chi connectivity index (χ0n) is 16.9. The van der Waals surface area contributed by atoms with Crippen LogP contribution in [0.5, 0.6) is 0 Å². The molecule has 1 aromatic carbocycles. The molecule has 3 heterocycles. The average Bonchev–Trinajstić information content (AvgIpc) is 3.20. The van der Waals surface area contributed by atoms with Gasteiger partial charge in [-0.15, -0.1) is 0 Å². The van der Waals surface area contributed by atoms with Gasteiger partial charge in [0.1, 0.15) is 17.2 Å². The molecule has 0 unspecified atom stereocenters. The van der Waals surface area contributed by atoms with Crippen LogP contribution in [0.1, 0.15) is 43.7 Å². The summed E-state index contributed by atoms with van der Waals surface area (Å²) in [6, 6.07) is 9.56. The Hall–Kier alpha value is -3.48. The number of nitrogens with zero attached hydrogens (tertiary/aromatic N) is 4. The summed E-state index contributed by atoms with van der Waals surface area (Å²) in [4.78, 5) is 24.7. The van der Waals surface area contributed by atoms with Gasteiger partial charge >= 0.3 is 0 Å². The van der Waals surface area contributed by atoms with E-state index in [9.17, 15) is 4.79 Å². The molecule has 5 rings (SSSR count). The monoisotopic (exact) mass is 400 g/mol. The zero-order valence-corrected chi connectivity index (χ0v) is 16.9. The van der Waals surface area contributed by atoms with Crippen LogP contribution < -0.4 is 11.3 Å². The number of nitrogen functional groups attached to an aromatic ring is 1. The predicted molar refractivity (Wildman–Crippen MR) is 118 cm³/mol. The van der Waals surface area contributed by atoms with E-state index in [0.717, 1.165) is 40.9 Å². The van der Waals surface area contributed by atoms with Crippen molar-refractivity contribution in [3.63, 3.8) is 0 Å². The molecule has 0 atom stereocenters. The topological polar surface area (TPSA) is 102 Å². The maximum Gasteiger partial charge on any atom is 0.255 e. The van der Waals surface area contributed by atoms with Crippen molar-refractivity contribution in [1.29, 1.82) is 0 Å². The Morgan fingerprint density at radius 1 is 1.07 bits per heavy atom. The summed E-state index contributed by atoms with van der Waals surface area (Å²) >= 11 is 0. The lowest BCUT2D eigenvalue weighted by atomic mass is 9.86. The van der Waals surface area contributed by atoms with Gasteiger partial charge in [-0.2, -0.15) is 5.10 Å². The van der Waals surface area contributed by atoms with E-state index in [2.05, 4.69) is 10.1 Å². The molecule has 152 valence electrons. The largest absolute Gasteiger partial charge is 0.382 e. The highest BCUT2D eigenvalue weighted by Crippen LogP contribution is 2.38. The summed E-state index contributed by atoms with van der Waals surface area (Å²) in [5.41, 5.74) is 10.2. The van der Waals surface area contributed by atoms with Crippen molar-refractivity contribution in [2.75, 3.05) is 5.73 Å². The molecule has 1 aliphatic rings. The van der Waals surface area contributed by atoms with Gasteiger partial charge in [0.2, 0.25) is 0 Å². The molecule has 7 nitrogen and oxygen atoms in total. The number of pyridine rings is 1. The van der Waals surface area contributed by atoms with Gasteiger partial charge in [0.05, 0.1) is 11.4 Å². The minimum Gasteiger partial charge on any atom is -0.382 e. The van der Waals surface area contributed by atoms with Crippen LogP contribution in [-0.4, -0.2) is 24.7 Å². The number of nitrogens with one attached hydrogen (secondary N) is 1. The third kappa shape index (κ3) is 3.26. The number of aryl methyl sites for hydroxylation is 1. The minimum atomic E-state index is -0.102. The molecule has 0 amide bonds. The van der Waals surface area contributed by atoms with Gasteiger partial charge < -0.3 is 10.7 Å². The number of hydrogen-bond donors (Lipinski definition) is 2. The number of rotatable bonds is 3. The second-order valence-electron chi connectivity index (χ2n) is 8.01. The van der Waals surface area contributed by atoms with Crippen LogP contribution in [0.4, 0.5) is 5.82 Å². The molecule has 7 heteroatoms. The summed E-state index contributed by atoms with van der Waals surface area (Å²) < 4.78 is 1.74. The van der Waals surface area contributed by atoms with E-state index in [4.69, 9.17) is 15.7 Å². The van der Waals surface area contributed by atoms with E-state index in [-0.39, 0.29) is 5.56 Å². The van der Waals surface area contributed by atoms with Gasteiger partial charge in [-0.05, 0) is 42.5 Å². The molecule has 0 aliphatic heterocycles. The van der Waals surface area contributed by atoms with Crippen LogP contribution in [0, 0.1) is 0 Å². The smallest absolute Gasteiger partial charge is 0.255 e. The first-order valence-electron chi connectivity index (χ1n) is 10.4. The summed E-state index contributed by atoms with van der Waals surface area (Å²) in [6.07, 6.45) is 9.39. The van der Waals surface area contributed by atoms with Crippen molar-refractivity contribution >= 4 is 16.6 Å². The first-order chi connectivity index (χ1) is 14.6. The van der Waals surface area contributed by atoms with Crippen LogP contribution in [0.3, 0.4) is 0 Å². The van der Waals surface area contributed by atoms with E-state index in [0.29, 0.717) is 22.8 Å². The van der Waals surface area contributed by atoms with Crippen molar-refractivity contribution in [1.82, 2.24) is 24.7 Å². The van der Waals surface area contributed by atoms with Gasteiger partial charge in [-0.3, -0.25) is 9.48 Å². The first kappa shape index (κ1) is 18.5. The van der Waals surface area contributed by atoms with Crippen molar-refractivity contribution in [3.05, 3.63) is 58.8 Å². The summed E-state index contributed by atoms with van der Waals surface area (Å²) in [5, 5.41) is 6.04. The number of anilines is 1. The molecule has 0 saturated heterocycles. The molecular weight excluding hydrogens is 376 g/mol. The average molecular weight is 400 g/mol. The predicted octanol–water partition coefficient (Wildman–Crippen LogP) is 4.02. The molecule has 30 heavy (non-hydrogen) atoms. The van der Waals surface area contributed by atoms with Crippen LogP contribution in [0.2, 0.25) is 0 Å². The van der Waals surface area contributed by atoms with Crippen molar-refractivity contribution in [2.24, 2.45) is 7.05 Å². The highest BCUT2D eigenvalue weighted by Gasteiger charge is 2.24. The molecule has 0 bridgehead atoms. The molecule has 1 saturated carbocycles. The number of nitrogens with two attached hydrogens (primary N) is 1. The second-order valence-corrected chi connectivity index (χ2v) is 8.01. The standard InChI is InChI=1S/C23H24N6O/c1-29-12-10-18(28-29)21-19(16-7-8-17-15(13-16)9-11-25-23(17)30)26-20(22(24)27-21)14-5-3-2-4-6-14/h7-14H,2-6H2,1H3,(H2,24,27)(H,25,30). The number of H-pyrrole nitrogens is 1. The molecule has 1 fully saturated rings. The summed E-state index contributed by atoms with van der Waals surface area (Å²) in [5.74, 6) is 0.828. The van der Waals surface area contributed by atoms with Crippen LogP contribution in [0.25, 0.3) is 33.4 Å². The Kier molecular flexibility index (Phi) is 4.58. The third-order valence-electron chi connectivity index (χ3n) is 5.95. The molecule has 3 N–H and O–H groups in total. The second kappa shape index (κ2) is 7.40. The fraction of sp³-hybridized carbons (Fsp3) is 0.304. The summed E-state index contributed by atoms with van der Waals surface area (Å²) in [6.45, 7) is 0. The Morgan fingerprint density at radius 3 is 2.67 bits per heavy atom. The highest BCUT2D eigenvalue weighted by atomic mass is 16.1. The Labute approximate surface area is 174 Å². The van der Waals surface area contributed by atoms with E-state index in [1.54, 1.807) is 10.9 Å². The molecule has 4 aromatic rings. The molecule has 0 spiro atoms. The highest BCUT2D eigenvalue weighted by molar-refractivity contribution is 5.88. The third-order valence-corrected chi connectivity index (χ3v) is 5.95. The maximum atomic E-state index is 12.1. The van der Waals surface area contributed by atoms with Crippen LogP contribution >= 0.6 is 0 Å². The van der Waals surface area contributed by atoms with Crippen LogP contribution in [0.15, 0.2) is 47.5 Å².